The molecular weight excluding hydrogens is 260 g/mol. The van der Waals surface area contributed by atoms with Crippen molar-refractivity contribution in [2.45, 2.75) is 26.8 Å². The van der Waals surface area contributed by atoms with Crippen LogP contribution in [-0.4, -0.2) is 9.55 Å². The predicted molar refractivity (Wildman–Crippen MR) is 85.7 cm³/mol. The SMILES string of the molecule is CCn1c(=O)c(Cc2ccc(C)cc2)nc2ccccc21. The zero-order valence-electron chi connectivity index (χ0n) is 12.3. The second kappa shape index (κ2) is 5.52. The van der Waals surface area contributed by atoms with Gasteiger partial charge in [0, 0.05) is 13.0 Å². The number of rotatable bonds is 3. The first-order valence-corrected chi connectivity index (χ1v) is 7.23. The number of fused-ring (bicyclic) bond motifs is 1. The van der Waals surface area contributed by atoms with Crippen molar-refractivity contribution in [3.63, 3.8) is 0 Å². The predicted octanol–water partition coefficient (Wildman–Crippen LogP) is 3.32. The Morgan fingerprint density at radius 1 is 1.05 bits per heavy atom. The molecule has 0 atom stereocenters. The van der Waals surface area contributed by atoms with E-state index in [0.717, 1.165) is 16.6 Å². The summed E-state index contributed by atoms with van der Waals surface area (Å²) < 4.78 is 1.80. The van der Waals surface area contributed by atoms with Gasteiger partial charge in [-0.15, -0.1) is 0 Å². The van der Waals surface area contributed by atoms with Crippen LogP contribution < -0.4 is 5.56 Å². The van der Waals surface area contributed by atoms with Crippen molar-refractivity contribution >= 4 is 11.0 Å². The summed E-state index contributed by atoms with van der Waals surface area (Å²) in [5.74, 6) is 0. The molecule has 2 aromatic carbocycles. The minimum absolute atomic E-state index is 0.0109. The molecule has 0 N–H and O–H groups in total. The number of aromatic nitrogens is 2. The molecule has 0 fully saturated rings. The van der Waals surface area contributed by atoms with Gasteiger partial charge in [-0.1, -0.05) is 42.0 Å². The summed E-state index contributed by atoms with van der Waals surface area (Å²) in [5, 5.41) is 0. The molecule has 1 aromatic heterocycles. The lowest BCUT2D eigenvalue weighted by atomic mass is 10.1. The molecule has 0 aliphatic rings. The van der Waals surface area contributed by atoms with Crippen LogP contribution in [0.5, 0.6) is 0 Å². The van der Waals surface area contributed by atoms with Gasteiger partial charge in [0.15, 0.2) is 0 Å². The van der Waals surface area contributed by atoms with Crippen molar-refractivity contribution < 1.29 is 0 Å². The Morgan fingerprint density at radius 2 is 1.76 bits per heavy atom. The van der Waals surface area contributed by atoms with E-state index in [9.17, 15) is 4.79 Å². The molecule has 3 heteroatoms. The summed E-state index contributed by atoms with van der Waals surface area (Å²) >= 11 is 0. The molecule has 3 rings (SSSR count). The van der Waals surface area contributed by atoms with Crippen LogP contribution in [0.4, 0.5) is 0 Å². The van der Waals surface area contributed by atoms with E-state index in [-0.39, 0.29) is 5.56 Å². The van der Waals surface area contributed by atoms with Crippen LogP contribution in [0.2, 0.25) is 0 Å². The fourth-order valence-corrected chi connectivity index (χ4v) is 2.57. The largest absolute Gasteiger partial charge is 0.305 e. The van der Waals surface area contributed by atoms with E-state index in [1.165, 1.54) is 5.56 Å². The molecule has 3 nitrogen and oxygen atoms in total. The number of nitrogens with zero attached hydrogens (tertiary/aromatic N) is 2. The maximum atomic E-state index is 12.6. The molecule has 0 unspecified atom stereocenters. The van der Waals surface area contributed by atoms with Gasteiger partial charge in [-0.2, -0.15) is 0 Å². The fourth-order valence-electron chi connectivity index (χ4n) is 2.57. The summed E-state index contributed by atoms with van der Waals surface area (Å²) in [6, 6.07) is 16.0. The highest BCUT2D eigenvalue weighted by molar-refractivity contribution is 5.74. The van der Waals surface area contributed by atoms with Gasteiger partial charge in [-0.3, -0.25) is 4.79 Å². The van der Waals surface area contributed by atoms with Gasteiger partial charge in [-0.25, -0.2) is 4.98 Å². The third-order valence-corrected chi connectivity index (χ3v) is 3.73. The van der Waals surface area contributed by atoms with Crippen molar-refractivity contribution in [3.8, 4) is 0 Å². The number of aryl methyl sites for hydroxylation is 2. The lowest BCUT2D eigenvalue weighted by molar-refractivity contribution is 0.738. The molecule has 0 bridgehead atoms. The number of para-hydroxylation sites is 2. The summed E-state index contributed by atoms with van der Waals surface area (Å²) in [4.78, 5) is 17.2. The summed E-state index contributed by atoms with van der Waals surface area (Å²) in [6.45, 7) is 4.70. The highest BCUT2D eigenvalue weighted by Crippen LogP contribution is 2.12. The van der Waals surface area contributed by atoms with Crippen LogP contribution in [0.1, 0.15) is 23.7 Å². The van der Waals surface area contributed by atoms with Crippen LogP contribution in [-0.2, 0) is 13.0 Å². The van der Waals surface area contributed by atoms with E-state index in [1.54, 1.807) is 4.57 Å². The molecule has 0 radical (unpaired) electrons. The topological polar surface area (TPSA) is 34.9 Å². The minimum atomic E-state index is 0.0109. The van der Waals surface area contributed by atoms with Gasteiger partial charge in [0.1, 0.15) is 5.69 Å². The van der Waals surface area contributed by atoms with Crippen LogP contribution in [0.15, 0.2) is 53.3 Å². The van der Waals surface area contributed by atoms with Gasteiger partial charge < -0.3 is 4.57 Å². The quantitative estimate of drug-likeness (QED) is 0.736. The van der Waals surface area contributed by atoms with Crippen LogP contribution in [0.25, 0.3) is 11.0 Å². The Kier molecular flexibility index (Phi) is 3.57. The lowest BCUT2D eigenvalue weighted by Gasteiger charge is -2.10. The van der Waals surface area contributed by atoms with E-state index in [0.29, 0.717) is 18.7 Å². The molecule has 0 saturated carbocycles. The van der Waals surface area contributed by atoms with Crippen LogP contribution >= 0.6 is 0 Å². The van der Waals surface area contributed by atoms with Gasteiger partial charge >= 0.3 is 0 Å². The number of benzene rings is 2. The molecule has 0 aliphatic heterocycles. The first-order valence-electron chi connectivity index (χ1n) is 7.23. The van der Waals surface area contributed by atoms with Crippen molar-refractivity contribution in [1.29, 1.82) is 0 Å². The molecule has 3 aromatic rings. The molecule has 0 saturated heterocycles. The Labute approximate surface area is 123 Å². The second-order valence-electron chi connectivity index (χ2n) is 5.26. The highest BCUT2D eigenvalue weighted by atomic mass is 16.1. The van der Waals surface area contributed by atoms with Crippen molar-refractivity contribution in [2.24, 2.45) is 0 Å². The zero-order chi connectivity index (χ0) is 14.8. The van der Waals surface area contributed by atoms with Crippen LogP contribution in [0, 0.1) is 6.92 Å². The van der Waals surface area contributed by atoms with Gasteiger partial charge in [0.2, 0.25) is 0 Å². The van der Waals surface area contributed by atoms with E-state index < -0.39 is 0 Å². The zero-order valence-corrected chi connectivity index (χ0v) is 12.3. The molecule has 0 aliphatic carbocycles. The third kappa shape index (κ3) is 2.59. The second-order valence-corrected chi connectivity index (χ2v) is 5.26. The maximum absolute atomic E-state index is 12.6. The monoisotopic (exact) mass is 278 g/mol. The Bertz CT molecular complexity index is 832. The van der Waals surface area contributed by atoms with Gasteiger partial charge in [0.25, 0.3) is 5.56 Å². The molecule has 106 valence electrons. The van der Waals surface area contributed by atoms with Gasteiger partial charge in [0.05, 0.1) is 11.0 Å². The van der Waals surface area contributed by atoms with Crippen molar-refractivity contribution in [1.82, 2.24) is 9.55 Å². The van der Waals surface area contributed by atoms with E-state index >= 15 is 0 Å². The molecule has 1 heterocycles. The minimum Gasteiger partial charge on any atom is -0.305 e. The molecular formula is C18H18N2O. The lowest BCUT2D eigenvalue weighted by Crippen LogP contribution is -2.25. The first-order chi connectivity index (χ1) is 10.2. The van der Waals surface area contributed by atoms with Crippen LogP contribution in [0.3, 0.4) is 0 Å². The highest BCUT2D eigenvalue weighted by Gasteiger charge is 2.10. The first kappa shape index (κ1) is 13.6. The van der Waals surface area contributed by atoms with Crippen molar-refractivity contribution in [3.05, 3.63) is 75.7 Å². The average molecular weight is 278 g/mol. The Hall–Kier alpha value is -2.42. The molecule has 21 heavy (non-hydrogen) atoms. The number of hydrogen-bond donors (Lipinski definition) is 0. The van der Waals surface area contributed by atoms with Crippen molar-refractivity contribution in [2.75, 3.05) is 0 Å². The number of hydrogen-bond acceptors (Lipinski definition) is 2. The standard InChI is InChI=1S/C18H18N2O/c1-3-20-17-7-5-4-6-15(17)19-16(18(20)21)12-14-10-8-13(2)9-11-14/h4-11H,3,12H2,1-2H3. The van der Waals surface area contributed by atoms with E-state index in [2.05, 4.69) is 36.2 Å². The third-order valence-electron chi connectivity index (χ3n) is 3.73. The van der Waals surface area contributed by atoms with E-state index in [4.69, 9.17) is 0 Å². The average Bonchev–Trinajstić information content (AvgIpc) is 2.50. The summed E-state index contributed by atoms with van der Waals surface area (Å²) in [5.41, 5.74) is 4.73. The molecule has 0 amide bonds. The Morgan fingerprint density at radius 3 is 2.48 bits per heavy atom. The smallest absolute Gasteiger partial charge is 0.273 e. The van der Waals surface area contributed by atoms with Gasteiger partial charge in [-0.05, 0) is 31.5 Å². The Balaban J connectivity index is 2.12. The molecule has 0 spiro atoms. The fraction of sp³-hybridized carbons (Fsp3) is 0.222. The summed E-state index contributed by atoms with van der Waals surface area (Å²) in [6.07, 6.45) is 0.573. The van der Waals surface area contributed by atoms with E-state index in [1.807, 2.05) is 31.2 Å². The normalized spacial score (nSPS) is 11.0. The maximum Gasteiger partial charge on any atom is 0.273 e. The summed E-state index contributed by atoms with van der Waals surface area (Å²) in [7, 11) is 0.